The lowest BCUT2D eigenvalue weighted by Crippen LogP contribution is -1.95. The molecular weight excluding hydrogens is 270 g/mol. The molecule has 0 atom stereocenters. The van der Waals surface area contributed by atoms with Gasteiger partial charge in [-0.2, -0.15) is 0 Å². The fourth-order valence-electron chi connectivity index (χ4n) is 2.95. The molecular formula is C20H21NO. The van der Waals surface area contributed by atoms with Crippen molar-refractivity contribution < 1.29 is 4.74 Å². The van der Waals surface area contributed by atoms with Gasteiger partial charge in [-0.05, 0) is 56.2 Å². The second-order valence-corrected chi connectivity index (χ2v) is 5.78. The van der Waals surface area contributed by atoms with E-state index >= 15 is 0 Å². The number of benzene rings is 2. The van der Waals surface area contributed by atoms with E-state index in [2.05, 4.69) is 51.1 Å². The third-order valence-corrected chi connectivity index (χ3v) is 3.98. The monoisotopic (exact) mass is 291 g/mol. The second-order valence-electron chi connectivity index (χ2n) is 5.78. The molecule has 2 heteroatoms. The fraction of sp³-hybridized carbons (Fsp3) is 0.250. The third kappa shape index (κ3) is 2.69. The second kappa shape index (κ2) is 5.80. The summed E-state index contributed by atoms with van der Waals surface area (Å²) in [6, 6.07) is 14.9. The van der Waals surface area contributed by atoms with E-state index in [1.54, 1.807) is 7.11 Å². The Labute approximate surface area is 131 Å². The molecule has 0 bridgehead atoms. The zero-order valence-corrected chi connectivity index (χ0v) is 13.6. The molecule has 0 aliphatic heterocycles. The Morgan fingerprint density at radius 1 is 0.955 bits per heavy atom. The molecule has 22 heavy (non-hydrogen) atoms. The largest absolute Gasteiger partial charge is 0.497 e. The van der Waals surface area contributed by atoms with Gasteiger partial charge < -0.3 is 4.74 Å². The lowest BCUT2D eigenvalue weighted by molar-refractivity contribution is 0.415. The van der Waals surface area contributed by atoms with E-state index in [1.807, 2.05) is 12.1 Å². The first kappa shape index (κ1) is 14.6. The van der Waals surface area contributed by atoms with Gasteiger partial charge >= 0.3 is 0 Å². The van der Waals surface area contributed by atoms with Gasteiger partial charge in [-0.3, -0.25) is 0 Å². The molecule has 3 rings (SSSR count). The maximum atomic E-state index is 5.32. The van der Waals surface area contributed by atoms with Crippen molar-refractivity contribution in [3.05, 3.63) is 59.2 Å². The minimum absolute atomic E-state index is 0.843. The first-order valence-electron chi connectivity index (χ1n) is 7.67. The highest BCUT2D eigenvalue weighted by Crippen LogP contribution is 2.29. The molecule has 2 aromatic carbocycles. The lowest BCUT2D eigenvalue weighted by Gasteiger charge is -2.12. The SMILES string of the molecule is CCc1cc2ccc(OC)cc2nc1-c1cc(C)cc(C)c1. The summed E-state index contributed by atoms with van der Waals surface area (Å²) in [5, 5.41) is 1.16. The van der Waals surface area contributed by atoms with Gasteiger partial charge in [0.15, 0.2) is 0 Å². The van der Waals surface area contributed by atoms with Crippen molar-refractivity contribution in [2.24, 2.45) is 0 Å². The topological polar surface area (TPSA) is 22.1 Å². The van der Waals surface area contributed by atoms with Crippen LogP contribution in [0.25, 0.3) is 22.2 Å². The van der Waals surface area contributed by atoms with Gasteiger partial charge in [0.2, 0.25) is 0 Å². The number of aryl methyl sites for hydroxylation is 3. The predicted octanol–water partition coefficient (Wildman–Crippen LogP) is 5.09. The minimum Gasteiger partial charge on any atom is -0.497 e. The molecule has 0 saturated heterocycles. The van der Waals surface area contributed by atoms with Crippen LogP contribution >= 0.6 is 0 Å². The molecule has 0 spiro atoms. The molecule has 0 unspecified atom stereocenters. The molecule has 0 aliphatic rings. The Bertz CT molecular complexity index is 816. The van der Waals surface area contributed by atoms with E-state index in [-0.39, 0.29) is 0 Å². The average molecular weight is 291 g/mol. The van der Waals surface area contributed by atoms with Crippen LogP contribution in [0.1, 0.15) is 23.6 Å². The summed E-state index contributed by atoms with van der Waals surface area (Å²) >= 11 is 0. The van der Waals surface area contributed by atoms with E-state index in [0.29, 0.717) is 0 Å². The Morgan fingerprint density at radius 3 is 2.32 bits per heavy atom. The summed E-state index contributed by atoms with van der Waals surface area (Å²) in [4.78, 5) is 4.93. The minimum atomic E-state index is 0.843. The summed E-state index contributed by atoms with van der Waals surface area (Å²) in [6.07, 6.45) is 0.970. The molecule has 0 fully saturated rings. The molecule has 1 aromatic heterocycles. The molecule has 0 radical (unpaired) electrons. The fourth-order valence-corrected chi connectivity index (χ4v) is 2.95. The molecule has 3 aromatic rings. The van der Waals surface area contributed by atoms with Crippen LogP contribution in [0.2, 0.25) is 0 Å². The van der Waals surface area contributed by atoms with E-state index in [4.69, 9.17) is 9.72 Å². The van der Waals surface area contributed by atoms with Crippen LogP contribution in [-0.4, -0.2) is 12.1 Å². The first-order valence-corrected chi connectivity index (χ1v) is 7.67. The summed E-state index contributed by atoms with van der Waals surface area (Å²) in [6.45, 7) is 6.44. The van der Waals surface area contributed by atoms with Crippen molar-refractivity contribution in [3.63, 3.8) is 0 Å². The van der Waals surface area contributed by atoms with Crippen LogP contribution in [0.4, 0.5) is 0 Å². The van der Waals surface area contributed by atoms with Gasteiger partial charge in [0.1, 0.15) is 5.75 Å². The highest BCUT2D eigenvalue weighted by Gasteiger charge is 2.10. The number of hydrogen-bond acceptors (Lipinski definition) is 2. The van der Waals surface area contributed by atoms with E-state index < -0.39 is 0 Å². The van der Waals surface area contributed by atoms with Crippen molar-refractivity contribution >= 4 is 10.9 Å². The highest BCUT2D eigenvalue weighted by atomic mass is 16.5. The molecule has 0 amide bonds. The number of ether oxygens (including phenoxy) is 1. The number of nitrogens with zero attached hydrogens (tertiary/aromatic N) is 1. The average Bonchev–Trinajstić information content (AvgIpc) is 2.52. The van der Waals surface area contributed by atoms with Gasteiger partial charge in [0.25, 0.3) is 0 Å². The maximum Gasteiger partial charge on any atom is 0.121 e. The molecule has 2 nitrogen and oxygen atoms in total. The van der Waals surface area contributed by atoms with Crippen molar-refractivity contribution in [2.75, 3.05) is 7.11 Å². The smallest absolute Gasteiger partial charge is 0.121 e. The van der Waals surface area contributed by atoms with Crippen molar-refractivity contribution in [3.8, 4) is 17.0 Å². The molecule has 112 valence electrons. The molecule has 0 N–H and O–H groups in total. The summed E-state index contributed by atoms with van der Waals surface area (Å²) in [5.74, 6) is 0.843. The number of hydrogen-bond donors (Lipinski definition) is 0. The van der Waals surface area contributed by atoms with Crippen LogP contribution in [0.5, 0.6) is 5.75 Å². The van der Waals surface area contributed by atoms with Crippen molar-refractivity contribution in [1.82, 2.24) is 4.98 Å². The number of aromatic nitrogens is 1. The Kier molecular flexibility index (Phi) is 3.84. The number of rotatable bonds is 3. The molecule has 1 heterocycles. The number of methoxy groups -OCH3 is 1. The van der Waals surface area contributed by atoms with Gasteiger partial charge in [0.05, 0.1) is 18.3 Å². The summed E-state index contributed by atoms with van der Waals surface area (Å²) < 4.78 is 5.32. The van der Waals surface area contributed by atoms with Gasteiger partial charge in [-0.15, -0.1) is 0 Å². The van der Waals surface area contributed by atoms with Crippen LogP contribution in [-0.2, 0) is 6.42 Å². The first-order chi connectivity index (χ1) is 10.6. The van der Waals surface area contributed by atoms with Crippen LogP contribution < -0.4 is 4.74 Å². The Morgan fingerprint density at radius 2 is 1.68 bits per heavy atom. The third-order valence-electron chi connectivity index (χ3n) is 3.98. The number of pyridine rings is 1. The van der Waals surface area contributed by atoms with Crippen LogP contribution in [0.15, 0.2) is 42.5 Å². The van der Waals surface area contributed by atoms with Gasteiger partial charge in [-0.1, -0.05) is 24.1 Å². The van der Waals surface area contributed by atoms with Gasteiger partial charge in [-0.25, -0.2) is 4.98 Å². The highest BCUT2D eigenvalue weighted by molar-refractivity contribution is 5.84. The van der Waals surface area contributed by atoms with Gasteiger partial charge in [0, 0.05) is 17.0 Å². The quantitative estimate of drug-likeness (QED) is 0.670. The Balaban J connectivity index is 2.26. The van der Waals surface area contributed by atoms with Crippen LogP contribution in [0.3, 0.4) is 0 Å². The standard InChI is InChI=1S/C20H21NO/c1-5-15-11-16-6-7-18(22-4)12-19(16)21-20(15)17-9-13(2)8-14(3)10-17/h6-12H,5H2,1-4H3. The predicted molar refractivity (Wildman–Crippen MR) is 92.6 cm³/mol. The zero-order valence-electron chi connectivity index (χ0n) is 13.6. The maximum absolute atomic E-state index is 5.32. The normalized spacial score (nSPS) is 10.9. The zero-order chi connectivity index (χ0) is 15.7. The summed E-state index contributed by atoms with van der Waals surface area (Å²) in [5.41, 5.74) is 7.07. The van der Waals surface area contributed by atoms with Crippen LogP contribution in [0, 0.1) is 13.8 Å². The molecule has 0 saturated carbocycles. The number of fused-ring (bicyclic) bond motifs is 1. The van der Waals surface area contributed by atoms with E-state index in [1.165, 1.54) is 22.3 Å². The Hall–Kier alpha value is -2.35. The lowest BCUT2D eigenvalue weighted by atomic mass is 9.98. The van der Waals surface area contributed by atoms with Crippen molar-refractivity contribution in [2.45, 2.75) is 27.2 Å². The van der Waals surface area contributed by atoms with E-state index in [0.717, 1.165) is 28.8 Å². The molecule has 0 aliphatic carbocycles. The summed E-state index contributed by atoms with van der Waals surface area (Å²) in [7, 11) is 1.69. The van der Waals surface area contributed by atoms with E-state index in [9.17, 15) is 0 Å². The van der Waals surface area contributed by atoms with Crippen molar-refractivity contribution in [1.29, 1.82) is 0 Å².